The van der Waals surface area contributed by atoms with Crippen molar-refractivity contribution >= 4 is 5.91 Å². The van der Waals surface area contributed by atoms with Crippen molar-refractivity contribution < 1.29 is 9.53 Å². The Morgan fingerprint density at radius 3 is 2.80 bits per heavy atom. The molecule has 134 valence electrons. The lowest BCUT2D eigenvalue weighted by Crippen LogP contribution is -2.36. The zero-order valence-electron chi connectivity index (χ0n) is 15.8. The highest BCUT2D eigenvalue weighted by Gasteiger charge is 2.27. The van der Waals surface area contributed by atoms with Gasteiger partial charge in [0.25, 0.3) is 5.91 Å². The van der Waals surface area contributed by atoms with Gasteiger partial charge in [-0.15, -0.1) is 0 Å². The van der Waals surface area contributed by atoms with E-state index >= 15 is 0 Å². The highest BCUT2D eigenvalue weighted by atomic mass is 16.5. The summed E-state index contributed by atoms with van der Waals surface area (Å²) >= 11 is 0. The van der Waals surface area contributed by atoms with Crippen molar-refractivity contribution in [3.63, 3.8) is 0 Å². The molecule has 0 atom stereocenters. The number of carbonyl (C=O) groups is 1. The van der Waals surface area contributed by atoms with Crippen LogP contribution in [-0.2, 0) is 20.0 Å². The summed E-state index contributed by atoms with van der Waals surface area (Å²) in [6, 6.07) is 5.69. The number of hydrogen-bond donors (Lipinski definition) is 0. The van der Waals surface area contributed by atoms with E-state index in [9.17, 15) is 4.79 Å². The predicted octanol–water partition coefficient (Wildman–Crippen LogP) is 3.45. The second kappa shape index (κ2) is 6.90. The third-order valence-electron chi connectivity index (χ3n) is 4.83. The summed E-state index contributed by atoms with van der Waals surface area (Å²) in [5, 5.41) is 0. The SMILES string of the molecule is CCOc1cc(C(=O)N2CCc3c(nc(C(C)C)n3C)C2)ccc1C. The average Bonchev–Trinajstić information content (AvgIpc) is 2.93. The number of fused-ring (bicyclic) bond motifs is 1. The van der Waals surface area contributed by atoms with Gasteiger partial charge in [-0.05, 0) is 31.5 Å². The Balaban J connectivity index is 1.83. The number of carbonyl (C=O) groups excluding carboxylic acids is 1. The molecule has 1 aromatic heterocycles. The smallest absolute Gasteiger partial charge is 0.254 e. The van der Waals surface area contributed by atoms with E-state index in [2.05, 4.69) is 25.5 Å². The summed E-state index contributed by atoms with van der Waals surface area (Å²) in [4.78, 5) is 19.6. The van der Waals surface area contributed by atoms with Crippen LogP contribution in [0.1, 0.15) is 59.8 Å². The van der Waals surface area contributed by atoms with E-state index in [1.807, 2.05) is 36.9 Å². The molecule has 0 bridgehead atoms. The molecule has 0 aliphatic carbocycles. The third-order valence-corrected chi connectivity index (χ3v) is 4.83. The van der Waals surface area contributed by atoms with Gasteiger partial charge in [-0.2, -0.15) is 0 Å². The van der Waals surface area contributed by atoms with E-state index in [0.29, 0.717) is 24.6 Å². The molecule has 2 aromatic rings. The van der Waals surface area contributed by atoms with Crippen molar-refractivity contribution in [3.05, 3.63) is 46.5 Å². The first-order valence-corrected chi connectivity index (χ1v) is 8.99. The lowest BCUT2D eigenvalue weighted by atomic mass is 10.1. The predicted molar refractivity (Wildman–Crippen MR) is 98.1 cm³/mol. The maximum Gasteiger partial charge on any atom is 0.254 e. The van der Waals surface area contributed by atoms with Crippen LogP contribution in [0, 0.1) is 6.92 Å². The van der Waals surface area contributed by atoms with Gasteiger partial charge in [-0.1, -0.05) is 19.9 Å². The fourth-order valence-electron chi connectivity index (χ4n) is 3.47. The molecular formula is C20H27N3O2. The molecule has 0 saturated carbocycles. The normalized spacial score (nSPS) is 13.9. The number of rotatable bonds is 4. The standard InChI is InChI=1S/C20H27N3O2/c1-6-25-18-11-15(8-7-14(18)4)20(24)23-10-9-17-16(12-23)21-19(13(2)3)22(17)5/h7-8,11,13H,6,9-10,12H2,1-5H3. The van der Waals surface area contributed by atoms with Crippen molar-refractivity contribution in [2.24, 2.45) is 7.05 Å². The van der Waals surface area contributed by atoms with E-state index in [1.165, 1.54) is 5.69 Å². The molecule has 1 amide bonds. The number of amides is 1. The zero-order valence-corrected chi connectivity index (χ0v) is 15.8. The molecule has 1 aromatic carbocycles. The molecule has 5 nitrogen and oxygen atoms in total. The summed E-state index contributed by atoms with van der Waals surface area (Å²) in [6.45, 7) is 10.1. The van der Waals surface area contributed by atoms with Crippen molar-refractivity contribution in [3.8, 4) is 5.75 Å². The highest BCUT2D eigenvalue weighted by molar-refractivity contribution is 5.94. The molecule has 25 heavy (non-hydrogen) atoms. The monoisotopic (exact) mass is 341 g/mol. The van der Waals surface area contributed by atoms with Crippen molar-refractivity contribution in [2.45, 2.75) is 46.6 Å². The van der Waals surface area contributed by atoms with Gasteiger partial charge in [0, 0.05) is 37.2 Å². The third kappa shape index (κ3) is 3.28. The maximum atomic E-state index is 12.9. The molecule has 1 aliphatic rings. The topological polar surface area (TPSA) is 47.4 Å². The van der Waals surface area contributed by atoms with Crippen LogP contribution >= 0.6 is 0 Å². The molecule has 0 saturated heterocycles. The second-order valence-electron chi connectivity index (χ2n) is 6.97. The van der Waals surface area contributed by atoms with Crippen LogP contribution in [0.2, 0.25) is 0 Å². The van der Waals surface area contributed by atoms with Crippen LogP contribution in [0.3, 0.4) is 0 Å². The first-order chi connectivity index (χ1) is 11.9. The molecule has 0 fully saturated rings. The fourth-order valence-corrected chi connectivity index (χ4v) is 3.47. The van der Waals surface area contributed by atoms with Crippen LogP contribution in [0.4, 0.5) is 0 Å². The first-order valence-electron chi connectivity index (χ1n) is 8.99. The van der Waals surface area contributed by atoms with Crippen LogP contribution in [0.25, 0.3) is 0 Å². The van der Waals surface area contributed by atoms with Gasteiger partial charge in [0.2, 0.25) is 0 Å². The van der Waals surface area contributed by atoms with E-state index in [-0.39, 0.29) is 5.91 Å². The average molecular weight is 341 g/mol. The van der Waals surface area contributed by atoms with Gasteiger partial charge in [-0.3, -0.25) is 4.79 Å². The Labute approximate surface area is 149 Å². The summed E-state index contributed by atoms with van der Waals surface area (Å²) < 4.78 is 7.83. The minimum atomic E-state index is 0.0448. The van der Waals surface area contributed by atoms with E-state index in [1.54, 1.807) is 0 Å². The summed E-state index contributed by atoms with van der Waals surface area (Å²) in [5.41, 5.74) is 4.01. The van der Waals surface area contributed by atoms with Gasteiger partial charge in [-0.25, -0.2) is 4.98 Å². The highest BCUT2D eigenvalue weighted by Crippen LogP contribution is 2.26. The molecule has 0 radical (unpaired) electrons. The number of ether oxygens (including phenoxy) is 1. The van der Waals surface area contributed by atoms with Crippen molar-refractivity contribution in [1.82, 2.24) is 14.5 Å². The Morgan fingerprint density at radius 2 is 2.12 bits per heavy atom. The minimum absolute atomic E-state index is 0.0448. The Morgan fingerprint density at radius 1 is 1.36 bits per heavy atom. The lowest BCUT2D eigenvalue weighted by molar-refractivity contribution is 0.0730. The molecule has 1 aliphatic heterocycles. The number of aryl methyl sites for hydroxylation is 1. The number of benzene rings is 1. The van der Waals surface area contributed by atoms with Gasteiger partial charge in [0.05, 0.1) is 18.8 Å². The molecule has 0 spiro atoms. The number of aromatic nitrogens is 2. The molecule has 0 N–H and O–H groups in total. The summed E-state index contributed by atoms with van der Waals surface area (Å²) in [7, 11) is 2.08. The fraction of sp³-hybridized carbons (Fsp3) is 0.500. The quantitative estimate of drug-likeness (QED) is 0.856. The molecule has 2 heterocycles. The molecule has 5 heteroatoms. The lowest BCUT2D eigenvalue weighted by Gasteiger charge is -2.27. The van der Waals surface area contributed by atoms with E-state index in [0.717, 1.165) is 35.8 Å². The Hall–Kier alpha value is -2.30. The van der Waals surface area contributed by atoms with E-state index in [4.69, 9.17) is 9.72 Å². The second-order valence-corrected chi connectivity index (χ2v) is 6.97. The Kier molecular flexibility index (Phi) is 4.84. The molecule has 0 unspecified atom stereocenters. The van der Waals surface area contributed by atoms with Gasteiger partial charge in [0.15, 0.2) is 0 Å². The van der Waals surface area contributed by atoms with Crippen molar-refractivity contribution in [1.29, 1.82) is 0 Å². The summed E-state index contributed by atoms with van der Waals surface area (Å²) in [6.07, 6.45) is 0.849. The van der Waals surface area contributed by atoms with E-state index < -0.39 is 0 Å². The maximum absolute atomic E-state index is 12.9. The first kappa shape index (κ1) is 17.5. The Bertz CT molecular complexity index is 792. The largest absolute Gasteiger partial charge is 0.494 e. The number of hydrogen-bond acceptors (Lipinski definition) is 3. The van der Waals surface area contributed by atoms with Gasteiger partial charge < -0.3 is 14.2 Å². The van der Waals surface area contributed by atoms with Crippen LogP contribution in [-0.4, -0.2) is 33.5 Å². The van der Waals surface area contributed by atoms with Gasteiger partial charge in [0.1, 0.15) is 11.6 Å². The van der Waals surface area contributed by atoms with Crippen LogP contribution in [0.15, 0.2) is 18.2 Å². The minimum Gasteiger partial charge on any atom is -0.494 e. The zero-order chi connectivity index (χ0) is 18.1. The van der Waals surface area contributed by atoms with Crippen LogP contribution < -0.4 is 4.74 Å². The van der Waals surface area contributed by atoms with Crippen LogP contribution in [0.5, 0.6) is 5.75 Å². The number of nitrogens with zero attached hydrogens (tertiary/aromatic N) is 3. The number of imidazole rings is 1. The van der Waals surface area contributed by atoms with Crippen molar-refractivity contribution in [2.75, 3.05) is 13.2 Å². The molecule has 3 rings (SSSR count). The van der Waals surface area contributed by atoms with Gasteiger partial charge >= 0.3 is 0 Å². The summed E-state index contributed by atoms with van der Waals surface area (Å²) in [5.74, 6) is 2.30. The molecular weight excluding hydrogens is 314 g/mol.